The minimum atomic E-state index is -0.240. The van der Waals surface area contributed by atoms with E-state index < -0.39 is 0 Å². The minimum absolute atomic E-state index is 0.0594. The fourth-order valence-corrected chi connectivity index (χ4v) is 4.64. The summed E-state index contributed by atoms with van der Waals surface area (Å²) in [5, 5.41) is 2.94. The lowest BCUT2D eigenvalue weighted by Gasteiger charge is -2.20. The molecule has 0 saturated carbocycles. The Kier molecular flexibility index (Phi) is 4.86. The van der Waals surface area contributed by atoms with Gasteiger partial charge in [-0.3, -0.25) is 4.79 Å². The summed E-state index contributed by atoms with van der Waals surface area (Å²) in [6.07, 6.45) is 1.07. The molecular formula is C13H18N2OS3. The molecule has 1 atom stereocenters. The standard InChI is InChI=1S/C13H18N2OS3/c1-7(2)11(12(14)17)15-13(16)10-5-8-6-18-4-3-9(8)19-10/h5,7,11H,3-4,6H2,1-2H3,(H2,14,17)(H,15,16). The van der Waals surface area contributed by atoms with Crippen molar-refractivity contribution in [2.75, 3.05) is 5.75 Å². The van der Waals surface area contributed by atoms with Crippen LogP contribution in [0, 0.1) is 5.92 Å². The van der Waals surface area contributed by atoms with Gasteiger partial charge in [0.15, 0.2) is 0 Å². The molecule has 1 amide bonds. The number of thioether (sulfide) groups is 1. The van der Waals surface area contributed by atoms with E-state index in [9.17, 15) is 4.79 Å². The van der Waals surface area contributed by atoms with Crippen molar-refractivity contribution in [1.29, 1.82) is 0 Å². The first-order valence-electron chi connectivity index (χ1n) is 6.28. The topological polar surface area (TPSA) is 55.1 Å². The van der Waals surface area contributed by atoms with Gasteiger partial charge in [0, 0.05) is 10.6 Å². The maximum atomic E-state index is 12.3. The number of nitrogens with one attached hydrogen (secondary N) is 1. The van der Waals surface area contributed by atoms with E-state index in [1.807, 2.05) is 31.7 Å². The number of thiocarbonyl (C=S) groups is 1. The van der Waals surface area contributed by atoms with Crippen LogP contribution in [0.15, 0.2) is 6.07 Å². The van der Waals surface area contributed by atoms with Gasteiger partial charge in [-0.05, 0) is 29.7 Å². The molecule has 2 heterocycles. The lowest BCUT2D eigenvalue weighted by atomic mass is 10.0. The van der Waals surface area contributed by atoms with Crippen LogP contribution in [0.2, 0.25) is 0 Å². The van der Waals surface area contributed by atoms with E-state index in [0.29, 0.717) is 4.99 Å². The second kappa shape index (κ2) is 6.24. The number of nitrogens with two attached hydrogens (primary N) is 1. The summed E-state index contributed by atoms with van der Waals surface area (Å²) >= 11 is 8.53. The summed E-state index contributed by atoms with van der Waals surface area (Å²) in [5.41, 5.74) is 6.99. The van der Waals surface area contributed by atoms with Gasteiger partial charge in [-0.25, -0.2) is 0 Å². The van der Waals surface area contributed by atoms with E-state index in [4.69, 9.17) is 18.0 Å². The van der Waals surface area contributed by atoms with Crippen LogP contribution in [0.1, 0.15) is 34.0 Å². The Morgan fingerprint density at radius 3 is 2.84 bits per heavy atom. The molecule has 19 heavy (non-hydrogen) atoms. The van der Waals surface area contributed by atoms with Gasteiger partial charge in [0.05, 0.1) is 15.9 Å². The SMILES string of the molecule is CC(C)C(NC(=O)c1cc2c(s1)CCSC2)C(N)=S. The van der Waals surface area contributed by atoms with Gasteiger partial charge in [0.1, 0.15) is 0 Å². The predicted octanol–water partition coefficient (Wildman–Crippen LogP) is 2.58. The summed E-state index contributed by atoms with van der Waals surface area (Å²) in [7, 11) is 0. The molecule has 6 heteroatoms. The Morgan fingerprint density at radius 1 is 1.53 bits per heavy atom. The Bertz CT molecular complexity index is 473. The molecule has 1 unspecified atom stereocenters. The van der Waals surface area contributed by atoms with Crippen molar-refractivity contribution >= 4 is 46.2 Å². The average Bonchev–Trinajstić information content (AvgIpc) is 2.78. The normalized spacial score (nSPS) is 15.9. The molecular weight excluding hydrogens is 296 g/mol. The molecule has 3 nitrogen and oxygen atoms in total. The van der Waals surface area contributed by atoms with Crippen LogP contribution < -0.4 is 11.1 Å². The van der Waals surface area contributed by atoms with Gasteiger partial charge >= 0.3 is 0 Å². The summed E-state index contributed by atoms with van der Waals surface area (Å²) in [6, 6.07) is 1.77. The number of hydrogen-bond acceptors (Lipinski definition) is 4. The quantitative estimate of drug-likeness (QED) is 0.839. The smallest absolute Gasteiger partial charge is 0.261 e. The van der Waals surface area contributed by atoms with Gasteiger partial charge in [-0.2, -0.15) is 11.8 Å². The Labute approximate surface area is 127 Å². The molecule has 0 bridgehead atoms. The molecule has 2 rings (SSSR count). The minimum Gasteiger partial charge on any atom is -0.392 e. The summed E-state index contributed by atoms with van der Waals surface area (Å²) in [6.45, 7) is 4.00. The molecule has 104 valence electrons. The van der Waals surface area contributed by atoms with Crippen LogP contribution in [0.3, 0.4) is 0 Å². The molecule has 0 fully saturated rings. The highest BCUT2D eigenvalue weighted by molar-refractivity contribution is 7.98. The first-order valence-corrected chi connectivity index (χ1v) is 8.66. The second-order valence-corrected chi connectivity index (χ2v) is 7.67. The van der Waals surface area contributed by atoms with Crippen LogP contribution >= 0.6 is 35.3 Å². The fourth-order valence-electron chi connectivity index (χ4n) is 2.04. The van der Waals surface area contributed by atoms with Crippen LogP contribution in [0.4, 0.5) is 0 Å². The van der Waals surface area contributed by atoms with Crippen LogP contribution in [-0.4, -0.2) is 22.7 Å². The number of thiophene rings is 1. The highest BCUT2D eigenvalue weighted by atomic mass is 32.2. The van der Waals surface area contributed by atoms with E-state index >= 15 is 0 Å². The zero-order valence-corrected chi connectivity index (χ0v) is 13.5. The number of hydrogen-bond donors (Lipinski definition) is 2. The summed E-state index contributed by atoms with van der Waals surface area (Å²) < 4.78 is 0. The molecule has 1 aromatic rings. The third-order valence-electron chi connectivity index (χ3n) is 3.11. The van der Waals surface area contributed by atoms with Crippen molar-refractivity contribution < 1.29 is 4.79 Å². The van der Waals surface area contributed by atoms with E-state index in [-0.39, 0.29) is 17.9 Å². The number of amides is 1. The highest BCUT2D eigenvalue weighted by Gasteiger charge is 2.22. The Morgan fingerprint density at radius 2 is 2.26 bits per heavy atom. The second-order valence-electron chi connectivity index (χ2n) is 4.96. The van der Waals surface area contributed by atoms with E-state index in [2.05, 4.69) is 5.32 Å². The zero-order chi connectivity index (χ0) is 14.0. The molecule has 0 spiro atoms. The lowest BCUT2D eigenvalue weighted by molar-refractivity contribution is 0.0944. The van der Waals surface area contributed by atoms with Crippen molar-refractivity contribution in [2.24, 2.45) is 11.7 Å². The average molecular weight is 315 g/mol. The van der Waals surface area contributed by atoms with E-state index in [1.54, 1.807) is 11.3 Å². The third kappa shape index (κ3) is 3.49. The number of rotatable bonds is 4. The molecule has 1 aromatic heterocycles. The zero-order valence-electron chi connectivity index (χ0n) is 11.1. The molecule has 0 aliphatic carbocycles. The van der Waals surface area contributed by atoms with Gasteiger partial charge < -0.3 is 11.1 Å². The van der Waals surface area contributed by atoms with Crippen LogP contribution in [0.5, 0.6) is 0 Å². The fraction of sp³-hybridized carbons (Fsp3) is 0.538. The van der Waals surface area contributed by atoms with Crippen molar-refractivity contribution in [1.82, 2.24) is 5.32 Å². The Hall–Kier alpha value is -0.590. The molecule has 0 radical (unpaired) electrons. The molecule has 1 aliphatic rings. The van der Waals surface area contributed by atoms with Gasteiger partial charge in [0.25, 0.3) is 5.91 Å². The van der Waals surface area contributed by atoms with Gasteiger partial charge in [0.2, 0.25) is 0 Å². The molecule has 0 aromatic carbocycles. The van der Waals surface area contributed by atoms with E-state index in [1.165, 1.54) is 10.4 Å². The maximum Gasteiger partial charge on any atom is 0.261 e. The van der Waals surface area contributed by atoms with Crippen molar-refractivity contribution in [3.63, 3.8) is 0 Å². The first-order chi connectivity index (χ1) is 8.99. The maximum absolute atomic E-state index is 12.3. The number of aryl methyl sites for hydroxylation is 1. The van der Waals surface area contributed by atoms with E-state index in [0.717, 1.165) is 22.8 Å². The summed E-state index contributed by atoms with van der Waals surface area (Å²) in [4.78, 5) is 14.7. The molecule has 0 saturated heterocycles. The molecule has 1 aliphatic heterocycles. The number of fused-ring (bicyclic) bond motifs is 1. The lowest BCUT2D eigenvalue weighted by Crippen LogP contribution is -2.46. The van der Waals surface area contributed by atoms with Gasteiger partial charge in [-0.1, -0.05) is 26.1 Å². The highest BCUT2D eigenvalue weighted by Crippen LogP contribution is 2.31. The molecule has 3 N–H and O–H groups in total. The monoisotopic (exact) mass is 314 g/mol. The number of carbonyl (C=O) groups is 1. The predicted molar refractivity (Wildman–Crippen MR) is 87.1 cm³/mol. The third-order valence-corrected chi connectivity index (χ3v) is 5.61. The van der Waals surface area contributed by atoms with Gasteiger partial charge in [-0.15, -0.1) is 11.3 Å². The number of carbonyl (C=O) groups excluding carboxylic acids is 1. The largest absolute Gasteiger partial charge is 0.392 e. The van der Waals surface area contributed by atoms with Crippen molar-refractivity contribution in [2.45, 2.75) is 32.1 Å². The Balaban J connectivity index is 2.11. The van der Waals surface area contributed by atoms with Crippen LogP contribution in [0.25, 0.3) is 0 Å². The van der Waals surface area contributed by atoms with Crippen LogP contribution in [-0.2, 0) is 12.2 Å². The van der Waals surface area contributed by atoms with Crippen molar-refractivity contribution in [3.8, 4) is 0 Å². The van der Waals surface area contributed by atoms with Crippen molar-refractivity contribution in [3.05, 3.63) is 21.4 Å². The summed E-state index contributed by atoms with van der Waals surface area (Å²) in [5.74, 6) is 2.31. The first kappa shape index (κ1) is 14.8.